The van der Waals surface area contributed by atoms with Crippen LogP contribution in [0.15, 0.2) is 48.5 Å². The van der Waals surface area contributed by atoms with E-state index in [1.165, 1.54) is 0 Å². The average molecular weight is 377 g/mol. The van der Waals surface area contributed by atoms with Crippen molar-refractivity contribution in [3.05, 3.63) is 70.8 Å². The number of Topliss-reactive ketones (excluding diaryl/α,β-unsaturated/α-hetero) is 2. The van der Waals surface area contributed by atoms with Gasteiger partial charge in [-0.05, 0) is 45.2 Å². The van der Waals surface area contributed by atoms with Gasteiger partial charge in [-0.3, -0.25) is 9.59 Å². The zero-order chi connectivity index (χ0) is 18.8. The summed E-state index contributed by atoms with van der Waals surface area (Å²) in [4.78, 5) is 22.5. The van der Waals surface area contributed by atoms with Crippen molar-refractivity contribution < 1.29 is 9.59 Å². The number of benzene rings is 2. The monoisotopic (exact) mass is 376 g/mol. The van der Waals surface area contributed by atoms with Crippen molar-refractivity contribution in [1.82, 2.24) is 0 Å². The first-order chi connectivity index (χ1) is 11.5. The molecule has 2 aromatic carbocycles. The third-order valence-electron chi connectivity index (χ3n) is 3.92. The lowest BCUT2D eigenvalue weighted by atomic mass is 9.96. The zero-order valence-corrected chi connectivity index (χ0v) is 16.4. The molecule has 0 bridgehead atoms. The molecular weight excluding hydrogens is 355 g/mol. The smallest absolute Gasteiger partial charge is 0.183 e. The van der Waals surface area contributed by atoms with E-state index >= 15 is 0 Å². The van der Waals surface area contributed by atoms with Crippen LogP contribution in [0.2, 0.25) is 0 Å². The summed E-state index contributed by atoms with van der Waals surface area (Å²) in [6, 6.07) is 14.9. The Morgan fingerprint density at radius 3 is 1.20 bits per heavy atom. The van der Waals surface area contributed by atoms with Crippen molar-refractivity contribution in [3.8, 4) is 0 Å². The summed E-state index contributed by atoms with van der Waals surface area (Å²) in [5, 5.41) is 0. The number of alkyl halides is 2. The van der Waals surface area contributed by atoms with E-state index in [-0.39, 0.29) is 11.6 Å². The summed E-state index contributed by atoms with van der Waals surface area (Å²) in [5.41, 5.74) is 3.38. The van der Waals surface area contributed by atoms with Gasteiger partial charge in [0.25, 0.3) is 0 Å². The number of hydrogen-bond acceptors (Lipinski definition) is 2. The first kappa shape index (κ1) is 19.7. The second-order valence-electron chi connectivity index (χ2n) is 7.17. The summed E-state index contributed by atoms with van der Waals surface area (Å²) >= 11 is 12.1. The molecule has 0 atom stereocenters. The molecule has 0 N–H and O–H groups in total. The standard InChI is InChI=1S/C21H22Cl2O2/c1-20(2,22)18(24)16-9-5-14(6-10-16)13-15-7-11-17(12-8-15)19(25)21(3,4)23/h5-12H,13H2,1-4H3. The molecule has 0 aliphatic rings. The van der Waals surface area contributed by atoms with E-state index in [0.29, 0.717) is 11.1 Å². The first-order valence-electron chi connectivity index (χ1n) is 8.14. The van der Waals surface area contributed by atoms with Crippen LogP contribution in [0.5, 0.6) is 0 Å². The van der Waals surface area contributed by atoms with Crippen LogP contribution in [0.4, 0.5) is 0 Å². The highest BCUT2D eigenvalue weighted by molar-refractivity contribution is 6.37. The fourth-order valence-corrected chi connectivity index (χ4v) is 2.69. The van der Waals surface area contributed by atoms with Gasteiger partial charge in [-0.1, -0.05) is 48.5 Å². The Hall–Kier alpha value is -1.64. The van der Waals surface area contributed by atoms with Gasteiger partial charge in [0.15, 0.2) is 11.6 Å². The molecule has 2 nitrogen and oxygen atoms in total. The molecule has 132 valence electrons. The van der Waals surface area contributed by atoms with Crippen LogP contribution < -0.4 is 0 Å². The van der Waals surface area contributed by atoms with Gasteiger partial charge in [0.05, 0.1) is 0 Å². The average Bonchev–Trinajstić information content (AvgIpc) is 2.53. The quantitative estimate of drug-likeness (QED) is 0.480. The SMILES string of the molecule is CC(C)(Cl)C(=O)c1ccc(Cc2ccc(C(=O)C(C)(C)Cl)cc2)cc1. The molecule has 0 aromatic heterocycles. The van der Waals surface area contributed by atoms with Crippen LogP contribution in [0.3, 0.4) is 0 Å². The van der Waals surface area contributed by atoms with E-state index < -0.39 is 9.75 Å². The lowest BCUT2D eigenvalue weighted by Gasteiger charge is -2.15. The predicted octanol–water partition coefficient (Wildman–Crippen LogP) is 5.68. The molecule has 0 amide bonds. The predicted molar refractivity (Wildman–Crippen MR) is 104 cm³/mol. The number of rotatable bonds is 6. The second-order valence-corrected chi connectivity index (χ2v) is 9.06. The Morgan fingerprint density at radius 1 is 0.680 bits per heavy atom. The molecule has 0 aliphatic heterocycles. The highest BCUT2D eigenvalue weighted by atomic mass is 35.5. The van der Waals surface area contributed by atoms with E-state index in [0.717, 1.165) is 17.5 Å². The summed E-state index contributed by atoms with van der Waals surface area (Å²) in [6.45, 7) is 6.76. The molecular formula is C21H22Cl2O2. The fraction of sp³-hybridized carbons (Fsp3) is 0.333. The summed E-state index contributed by atoms with van der Waals surface area (Å²) in [5.74, 6) is -0.181. The van der Waals surface area contributed by atoms with E-state index in [4.69, 9.17) is 23.2 Å². The van der Waals surface area contributed by atoms with Crippen molar-refractivity contribution in [3.63, 3.8) is 0 Å². The second kappa shape index (κ2) is 7.31. The molecule has 0 fully saturated rings. The number of hydrogen-bond donors (Lipinski definition) is 0. The molecule has 0 radical (unpaired) electrons. The van der Waals surface area contributed by atoms with E-state index in [9.17, 15) is 9.59 Å². The summed E-state index contributed by atoms with van der Waals surface area (Å²) < 4.78 is 0. The molecule has 0 heterocycles. The Bertz CT molecular complexity index is 694. The normalized spacial score (nSPS) is 12.1. The Balaban J connectivity index is 2.10. The maximum absolute atomic E-state index is 12.1. The van der Waals surface area contributed by atoms with Crippen LogP contribution in [-0.2, 0) is 6.42 Å². The van der Waals surface area contributed by atoms with Gasteiger partial charge in [0.1, 0.15) is 9.75 Å². The highest BCUT2D eigenvalue weighted by Crippen LogP contribution is 2.22. The molecule has 0 spiro atoms. The maximum atomic E-state index is 12.1. The third-order valence-corrected chi connectivity index (χ3v) is 4.26. The number of halogens is 2. The molecule has 0 aliphatic carbocycles. The molecule has 0 saturated carbocycles. The fourth-order valence-electron chi connectivity index (χ4n) is 2.47. The molecule has 25 heavy (non-hydrogen) atoms. The van der Waals surface area contributed by atoms with Crippen molar-refractivity contribution in [2.45, 2.75) is 43.9 Å². The van der Waals surface area contributed by atoms with Crippen LogP contribution in [0.25, 0.3) is 0 Å². The summed E-state index contributed by atoms with van der Waals surface area (Å²) in [6.07, 6.45) is 0.720. The van der Waals surface area contributed by atoms with Gasteiger partial charge in [-0.25, -0.2) is 0 Å². The third kappa shape index (κ3) is 5.17. The van der Waals surface area contributed by atoms with Gasteiger partial charge in [0.2, 0.25) is 0 Å². The number of carbonyl (C=O) groups is 2. The minimum Gasteiger partial charge on any atom is -0.292 e. The zero-order valence-electron chi connectivity index (χ0n) is 14.9. The highest BCUT2D eigenvalue weighted by Gasteiger charge is 2.26. The van der Waals surface area contributed by atoms with Gasteiger partial charge < -0.3 is 0 Å². The van der Waals surface area contributed by atoms with Gasteiger partial charge in [-0.2, -0.15) is 0 Å². The molecule has 2 aromatic rings. The minimum absolute atomic E-state index is 0.0905. The lowest BCUT2D eigenvalue weighted by molar-refractivity contribution is 0.0947. The Kier molecular flexibility index (Phi) is 5.75. The largest absolute Gasteiger partial charge is 0.292 e. The van der Waals surface area contributed by atoms with Crippen molar-refractivity contribution in [2.24, 2.45) is 0 Å². The van der Waals surface area contributed by atoms with E-state index in [1.54, 1.807) is 52.0 Å². The van der Waals surface area contributed by atoms with Crippen LogP contribution in [0, 0.1) is 0 Å². The van der Waals surface area contributed by atoms with Gasteiger partial charge >= 0.3 is 0 Å². The Morgan fingerprint density at radius 2 is 0.960 bits per heavy atom. The van der Waals surface area contributed by atoms with Crippen LogP contribution >= 0.6 is 23.2 Å². The summed E-state index contributed by atoms with van der Waals surface area (Å²) in [7, 11) is 0. The molecule has 2 rings (SSSR count). The van der Waals surface area contributed by atoms with E-state index in [1.807, 2.05) is 24.3 Å². The molecule has 4 heteroatoms. The van der Waals surface area contributed by atoms with Crippen molar-refractivity contribution in [1.29, 1.82) is 0 Å². The van der Waals surface area contributed by atoms with Crippen LogP contribution in [0.1, 0.15) is 59.5 Å². The minimum atomic E-state index is -0.903. The molecule has 0 saturated heterocycles. The maximum Gasteiger partial charge on any atom is 0.183 e. The van der Waals surface area contributed by atoms with Crippen LogP contribution in [-0.4, -0.2) is 21.3 Å². The number of carbonyl (C=O) groups excluding carboxylic acids is 2. The topological polar surface area (TPSA) is 34.1 Å². The van der Waals surface area contributed by atoms with Gasteiger partial charge in [-0.15, -0.1) is 23.2 Å². The van der Waals surface area contributed by atoms with Gasteiger partial charge in [0, 0.05) is 11.1 Å². The number of ketones is 2. The molecule has 0 unspecified atom stereocenters. The lowest BCUT2D eigenvalue weighted by Crippen LogP contribution is -2.24. The van der Waals surface area contributed by atoms with Crippen molar-refractivity contribution >= 4 is 34.8 Å². The first-order valence-corrected chi connectivity index (χ1v) is 8.89. The van der Waals surface area contributed by atoms with E-state index in [2.05, 4.69) is 0 Å². The Labute approximate surface area is 159 Å². The van der Waals surface area contributed by atoms with Crippen molar-refractivity contribution in [2.75, 3.05) is 0 Å².